The highest BCUT2D eigenvalue weighted by atomic mass is 16.5. The number of aryl methyl sites for hydroxylation is 1. The van der Waals surface area contributed by atoms with E-state index in [9.17, 15) is 19.5 Å². The maximum atomic E-state index is 14.1. The van der Waals surface area contributed by atoms with Gasteiger partial charge in [-0.25, -0.2) is 9.59 Å². The van der Waals surface area contributed by atoms with Crippen molar-refractivity contribution < 1.29 is 24.2 Å². The van der Waals surface area contributed by atoms with Crippen molar-refractivity contribution in [2.45, 2.75) is 31.8 Å². The van der Waals surface area contributed by atoms with Gasteiger partial charge in [0.25, 0.3) is 0 Å². The predicted octanol–water partition coefficient (Wildman–Crippen LogP) is 6.09. The van der Waals surface area contributed by atoms with Crippen molar-refractivity contribution in [3.8, 4) is 5.75 Å². The summed E-state index contributed by atoms with van der Waals surface area (Å²) in [6, 6.07) is 31.4. The third kappa shape index (κ3) is 7.22. The number of carbonyl (C=O) groups is 3. The molecule has 5 rings (SSSR count). The fourth-order valence-electron chi connectivity index (χ4n) is 5.88. The molecule has 0 fully saturated rings. The number of benzene rings is 4. The van der Waals surface area contributed by atoms with Crippen molar-refractivity contribution in [1.29, 1.82) is 0 Å². The number of amides is 3. The van der Waals surface area contributed by atoms with Crippen LogP contribution in [0.2, 0.25) is 0 Å². The number of carbonyl (C=O) groups excluding carboxylic acids is 2. The number of nitrogens with zero attached hydrogens (tertiary/aromatic N) is 1. The van der Waals surface area contributed by atoms with Gasteiger partial charge in [-0.05, 0) is 66.1 Å². The number of urea groups is 1. The standard InChI is InChI=1S/C35H35N3O5/c1-43-31-17-8-6-13-28(31)23-38(32(39)22-36-35(42)37-29-15-9-14-27(21-29)34(40)41)33-26(20-24-10-3-2-4-11-24)19-18-25-12-5-7-16-30(25)33/h2-17,21,26,33H,18-20,22-23H2,1H3,(H,40,41)(H2,36,37,42)/t26-,33-/m0/s1. The number of nitrogens with one attached hydrogen (secondary N) is 2. The summed E-state index contributed by atoms with van der Waals surface area (Å²) >= 11 is 0. The maximum Gasteiger partial charge on any atom is 0.335 e. The molecule has 2 atom stereocenters. The van der Waals surface area contributed by atoms with Gasteiger partial charge in [0, 0.05) is 17.8 Å². The summed E-state index contributed by atoms with van der Waals surface area (Å²) in [7, 11) is 1.62. The summed E-state index contributed by atoms with van der Waals surface area (Å²) in [6.07, 6.45) is 2.65. The van der Waals surface area contributed by atoms with Crippen LogP contribution >= 0.6 is 0 Å². The Morgan fingerprint density at radius 1 is 0.907 bits per heavy atom. The Morgan fingerprint density at radius 2 is 1.65 bits per heavy atom. The van der Waals surface area contributed by atoms with Crippen molar-refractivity contribution >= 4 is 23.6 Å². The highest BCUT2D eigenvalue weighted by Gasteiger charge is 2.36. The van der Waals surface area contributed by atoms with Crippen LogP contribution in [0.15, 0.2) is 103 Å². The van der Waals surface area contributed by atoms with E-state index in [1.807, 2.05) is 59.5 Å². The summed E-state index contributed by atoms with van der Waals surface area (Å²) in [6.45, 7) is 0.0629. The molecule has 4 aromatic rings. The first kappa shape index (κ1) is 29.4. The van der Waals surface area contributed by atoms with Crippen LogP contribution in [0.5, 0.6) is 5.75 Å². The second kappa shape index (κ2) is 13.7. The maximum absolute atomic E-state index is 14.1. The quantitative estimate of drug-likeness (QED) is 0.211. The first-order chi connectivity index (χ1) is 20.9. The highest BCUT2D eigenvalue weighted by molar-refractivity contribution is 5.94. The number of ether oxygens (including phenoxy) is 1. The third-order valence-electron chi connectivity index (χ3n) is 7.90. The lowest BCUT2D eigenvalue weighted by atomic mass is 9.76. The van der Waals surface area contributed by atoms with Gasteiger partial charge in [0.2, 0.25) is 5.91 Å². The van der Waals surface area contributed by atoms with Crippen molar-refractivity contribution in [1.82, 2.24) is 10.2 Å². The van der Waals surface area contributed by atoms with Crippen molar-refractivity contribution in [3.63, 3.8) is 0 Å². The molecule has 0 bridgehead atoms. The monoisotopic (exact) mass is 577 g/mol. The third-order valence-corrected chi connectivity index (χ3v) is 7.90. The number of methoxy groups -OCH3 is 1. The molecule has 0 unspecified atom stereocenters. The van der Waals surface area contributed by atoms with E-state index in [4.69, 9.17) is 4.74 Å². The number of carboxylic acids is 1. The van der Waals surface area contributed by atoms with E-state index in [1.54, 1.807) is 19.2 Å². The average molecular weight is 578 g/mol. The molecule has 8 nitrogen and oxygen atoms in total. The van der Waals surface area contributed by atoms with Crippen LogP contribution in [0.4, 0.5) is 10.5 Å². The lowest BCUT2D eigenvalue weighted by Crippen LogP contribution is -2.46. The molecule has 0 heterocycles. The van der Waals surface area contributed by atoms with Crippen LogP contribution in [0.3, 0.4) is 0 Å². The fourth-order valence-corrected chi connectivity index (χ4v) is 5.88. The molecule has 0 spiro atoms. The highest BCUT2D eigenvalue weighted by Crippen LogP contribution is 2.41. The molecule has 0 saturated carbocycles. The second-order valence-electron chi connectivity index (χ2n) is 10.7. The number of para-hydroxylation sites is 1. The summed E-state index contributed by atoms with van der Waals surface area (Å²) < 4.78 is 5.64. The SMILES string of the molecule is COc1ccccc1CN(C(=O)CNC(=O)Nc1cccc(C(=O)O)c1)[C@@H]1c2ccccc2CC[C@H]1Cc1ccccc1. The number of rotatable bonds is 10. The topological polar surface area (TPSA) is 108 Å². The molecule has 220 valence electrons. The number of fused-ring (bicyclic) bond motifs is 1. The van der Waals surface area contributed by atoms with Gasteiger partial charge in [-0.3, -0.25) is 4.79 Å². The van der Waals surface area contributed by atoms with Crippen LogP contribution in [0, 0.1) is 5.92 Å². The van der Waals surface area contributed by atoms with Crippen LogP contribution in [0.1, 0.15) is 45.1 Å². The first-order valence-electron chi connectivity index (χ1n) is 14.3. The molecule has 3 N–H and O–H groups in total. The summed E-state index contributed by atoms with van der Waals surface area (Å²) in [5, 5.41) is 14.6. The molecule has 8 heteroatoms. The van der Waals surface area contributed by atoms with Gasteiger partial charge in [-0.2, -0.15) is 0 Å². The Balaban J connectivity index is 1.43. The van der Waals surface area contributed by atoms with Gasteiger partial charge in [-0.15, -0.1) is 0 Å². The fraction of sp³-hybridized carbons (Fsp3) is 0.229. The van der Waals surface area contributed by atoms with Crippen LogP contribution in [-0.4, -0.2) is 41.6 Å². The molecule has 0 aromatic heterocycles. The Morgan fingerprint density at radius 3 is 2.44 bits per heavy atom. The smallest absolute Gasteiger partial charge is 0.335 e. The number of hydrogen-bond acceptors (Lipinski definition) is 4. The minimum absolute atomic E-state index is 0.0530. The minimum Gasteiger partial charge on any atom is -0.496 e. The summed E-state index contributed by atoms with van der Waals surface area (Å²) in [5.41, 5.74) is 4.79. The van der Waals surface area contributed by atoms with E-state index in [0.29, 0.717) is 18.0 Å². The van der Waals surface area contributed by atoms with Gasteiger partial charge >= 0.3 is 12.0 Å². The van der Waals surface area contributed by atoms with Gasteiger partial charge in [-0.1, -0.05) is 78.9 Å². The van der Waals surface area contributed by atoms with E-state index in [1.165, 1.54) is 23.3 Å². The minimum atomic E-state index is -1.09. The largest absolute Gasteiger partial charge is 0.496 e. The molecule has 1 aliphatic carbocycles. The average Bonchev–Trinajstić information content (AvgIpc) is 3.03. The van der Waals surface area contributed by atoms with Gasteiger partial charge in [0.1, 0.15) is 5.75 Å². The zero-order chi connectivity index (χ0) is 30.2. The zero-order valence-corrected chi connectivity index (χ0v) is 24.0. The van der Waals surface area contributed by atoms with Crippen molar-refractivity contribution in [2.75, 3.05) is 19.0 Å². The molecule has 0 radical (unpaired) electrons. The molecular weight excluding hydrogens is 542 g/mol. The molecule has 1 aliphatic rings. The van der Waals surface area contributed by atoms with E-state index in [0.717, 1.165) is 30.4 Å². The van der Waals surface area contributed by atoms with Crippen molar-refractivity contribution in [3.05, 3.63) is 131 Å². The van der Waals surface area contributed by atoms with Gasteiger partial charge in [0.05, 0.1) is 25.3 Å². The predicted molar refractivity (Wildman–Crippen MR) is 165 cm³/mol. The lowest BCUT2D eigenvalue weighted by Gasteiger charge is -2.42. The van der Waals surface area contributed by atoms with Gasteiger partial charge in [0.15, 0.2) is 0 Å². The number of aromatic carboxylic acids is 1. The zero-order valence-electron chi connectivity index (χ0n) is 24.0. The normalized spacial score (nSPS) is 15.6. The first-order valence-corrected chi connectivity index (χ1v) is 14.3. The Kier molecular flexibility index (Phi) is 9.36. The molecular formula is C35H35N3O5. The van der Waals surface area contributed by atoms with Crippen LogP contribution < -0.4 is 15.4 Å². The summed E-state index contributed by atoms with van der Waals surface area (Å²) in [5.74, 6) is -0.485. The molecule has 4 aromatic carbocycles. The molecule has 3 amide bonds. The number of hydrogen-bond donors (Lipinski definition) is 3. The Hall–Kier alpha value is -5.11. The lowest BCUT2D eigenvalue weighted by molar-refractivity contribution is -0.135. The second-order valence-corrected chi connectivity index (χ2v) is 10.7. The molecule has 43 heavy (non-hydrogen) atoms. The number of anilines is 1. The number of carboxylic acid groups (broad SMARTS) is 1. The van der Waals surface area contributed by atoms with E-state index < -0.39 is 12.0 Å². The van der Waals surface area contributed by atoms with Crippen LogP contribution in [-0.2, 0) is 24.2 Å². The van der Waals surface area contributed by atoms with E-state index in [-0.39, 0.29) is 30.0 Å². The van der Waals surface area contributed by atoms with E-state index >= 15 is 0 Å². The van der Waals surface area contributed by atoms with Crippen LogP contribution in [0.25, 0.3) is 0 Å². The van der Waals surface area contributed by atoms with Crippen molar-refractivity contribution in [2.24, 2.45) is 5.92 Å². The Labute approximate surface area is 251 Å². The Bertz CT molecular complexity index is 1590. The van der Waals surface area contributed by atoms with E-state index in [2.05, 4.69) is 34.9 Å². The molecule has 0 aliphatic heterocycles. The van der Waals surface area contributed by atoms with Gasteiger partial charge < -0.3 is 25.4 Å². The molecule has 0 saturated heterocycles. The summed E-state index contributed by atoms with van der Waals surface area (Å²) in [4.78, 5) is 40.1.